The molecule has 0 atom stereocenters. The summed E-state index contributed by atoms with van der Waals surface area (Å²) in [4.78, 5) is 0. The first-order chi connectivity index (χ1) is 2.00. The fraction of sp³-hybridized carbons (Fsp3) is 0. The standard InChI is InChI=1S/H3NO3S.Nd/c1-5(2,3)4;/h(H3,1,2,3,4);. The molecule has 0 heterocycles. The maximum absolute atomic E-state index is 8.97. The number of hydrogen-bond acceptors (Lipinski definition) is 2. The molecule has 0 saturated heterocycles. The van der Waals surface area contributed by atoms with Crippen molar-refractivity contribution < 1.29 is 53.8 Å². The summed E-state index contributed by atoms with van der Waals surface area (Å²) in [5.74, 6) is 0. The topological polar surface area (TPSA) is 80.4 Å². The van der Waals surface area contributed by atoms with E-state index in [0.29, 0.717) is 0 Å². The van der Waals surface area contributed by atoms with Gasteiger partial charge in [-0.3, -0.25) is 4.55 Å². The average molecular weight is 241 g/mol. The van der Waals surface area contributed by atoms with Crippen LogP contribution in [0.5, 0.6) is 0 Å². The zero-order chi connectivity index (χ0) is 4.50. The van der Waals surface area contributed by atoms with E-state index in [0.717, 1.165) is 0 Å². The molecule has 0 rings (SSSR count). The molecule has 0 aliphatic heterocycles. The minimum absolute atomic E-state index is 0. The summed E-state index contributed by atoms with van der Waals surface area (Å²) in [6.45, 7) is 0. The van der Waals surface area contributed by atoms with Crippen LogP contribution in [0.25, 0.3) is 0 Å². The van der Waals surface area contributed by atoms with Gasteiger partial charge >= 0.3 is 10.3 Å². The molecule has 0 unspecified atom stereocenters. The van der Waals surface area contributed by atoms with Crippen molar-refractivity contribution in [1.82, 2.24) is 0 Å². The van der Waals surface area contributed by atoms with Gasteiger partial charge in [0.25, 0.3) is 0 Å². The third-order valence-electron chi connectivity index (χ3n) is 0. The van der Waals surface area contributed by atoms with E-state index in [2.05, 4.69) is 5.14 Å². The van der Waals surface area contributed by atoms with Crippen molar-refractivity contribution in [2.24, 2.45) is 5.14 Å². The molecule has 3 N–H and O–H groups in total. The summed E-state index contributed by atoms with van der Waals surface area (Å²) in [7, 11) is -4.17. The summed E-state index contributed by atoms with van der Waals surface area (Å²) in [6.07, 6.45) is 0. The van der Waals surface area contributed by atoms with Gasteiger partial charge in [0.1, 0.15) is 0 Å². The van der Waals surface area contributed by atoms with E-state index >= 15 is 0 Å². The van der Waals surface area contributed by atoms with Crippen molar-refractivity contribution >= 4 is 10.3 Å². The maximum atomic E-state index is 8.97. The monoisotopic (exact) mass is 239 g/mol. The van der Waals surface area contributed by atoms with Gasteiger partial charge in [-0.05, 0) is 0 Å². The fourth-order valence-corrected chi connectivity index (χ4v) is 0. The SMILES string of the molecule is NS(=O)(=O)O.[Nd]. The van der Waals surface area contributed by atoms with Gasteiger partial charge < -0.3 is 0 Å². The molecule has 0 aromatic rings. The first-order valence-corrected chi connectivity index (χ1v) is 2.25. The third kappa shape index (κ3) is 62.4. The van der Waals surface area contributed by atoms with Crippen LogP contribution < -0.4 is 5.14 Å². The molecule has 6 heavy (non-hydrogen) atoms. The van der Waals surface area contributed by atoms with E-state index < -0.39 is 10.3 Å². The first kappa shape index (κ1) is 10.3. The van der Waals surface area contributed by atoms with Gasteiger partial charge in [-0.2, -0.15) is 8.42 Å². The average Bonchev–Trinajstić information content (AvgIpc) is 0.722. The van der Waals surface area contributed by atoms with Gasteiger partial charge in [0.15, 0.2) is 0 Å². The van der Waals surface area contributed by atoms with Gasteiger partial charge in [-0.25, -0.2) is 5.14 Å². The molecular formula is H3NNdO3S. The van der Waals surface area contributed by atoms with Gasteiger partial charge in [0.2, 0.25) is 0 Å². The summed E-state index contributed by atoms with van der Waals surface area (Å²) in [6, 6.07) is 0. The molecule has 4 nitrogen and oxygen atoms in total. The van der Waals surface area contributed by atoms with Crippen LogP contribution in [0.2, 0.25) is 0 Å². The number of rotatable bonds is 0. The second-order valence-corrected chi connectivity index (χ2v) is 1.54. The van der Waals surface area contributed by atoms with E-state index in [9.17, 15) is 0 Å². The van der Waals surface area contributed by atoms with Crippen molar-refractivity contribution in [3.8, 4) is 0 Å². The smallest absolute Gasteiger partial charge is 0.274 e. The predicted molar refractivity (Wildman–Crippen MR) is 15.7 cm³/mol. The molecule has 0 radical (unpaired) electrons. The quantitative estimate of drug-likeness (QED) is 0.520. The second-order valence-electron chi connectivity index (χ2n) is 0.515. The molecular weight excluding hydrogens is 238 g/mol. The van der Waals surface area contributed by atoms with Gasteiger partial charge in [-0.1, -0.05) is 0 Å². The summed E-state index contributed by atoms with van der Waals surface area (Å²) < 4.78 is 25.2. The molecule has 0 spiro atoms. The molecule has 0 saturated carbocycles. The van der Waals surface area contributed by atoms with Crippen LogP contribution in [-0.2, 0) is 10.3 Å². The van der Waals surface area contributed by atoms with Crippen molar-refractivity contribution in [2.75, 3.05) is 0 Å². The van der Waals surface area contributed by atoms with Crippen LogP contribution in [0.4, 0.5) is 0 Å². The normalized spacial score (nSPS) is 9.67. The Morgan fingerprint density at radius 1 is 1.50 bits per heavy atom. The molecule has 0 bridgehead atoms. The largest absolute Gasteiger partial charge is 0.330 e. The van der Waals surface area contributed by atoms with Crippen molar-refractivity contribution in [1.29, 1.82) is 0 Å². The van der Waals surface area contributed by atoms with Gasteiger partial charge in [0, 0.05) is 40.8 Å². The van der Waals surface area contributed by atoms with E-state index in [-0.39, 0.29) is 40.8 Å². The molecule has 36 valence electrons. The third-order valence-corrected chi connectivity index (χ3v) is 0. The Hall–Kier alpha value is 1.22. The number of nitrogens with two attached hydrogens (primary N) is 1. The van der Waals surface area contributed by atoms with Crippen molar-refractivity contribution in [3.05, 3.63) is 0 Å². The Kier molecular flexibility index (Phi) is 5.56. The van der Waals surface area contributed by atoms with E-state index in [1.165, 1.54) is 0 Å². The van der Waals surface area contributed by atoms with E-state index in [4.69, 9.17) is 13.0 Å². The first-order valence-electron chi connectivity index (χ1n) is 0.752. The Labute approximate surface area is 68.5 Å². The van der Waals surface area contributed by atoms with E-state index in [1.54, 1.807) is 0 Å². The zero-order valence-electron chi connectivity index (χ0n) is 2.75. The molecule has 0 aromatic heterocycles. The minimum Gasteiger partial charge on any atom is -0.274 e. The Morgan fingerprint density at radius 3 is 1.50 bits per heavy atom. The molecule has 0 fully saturated rings. The molecule has 0 amide bonds. The molecule has 0 aromatic carbocycles. The number of hydrogen-bond donors (Lipinski definition) is 2. The van der Waals surface area contributed by atoms with Crippen LogP contribution in [-0.4, -0.2) is 13.0 Å². The van der Waals surface area contributed by atoms with Crippen molar-refractivity contribution in [2.45, 2.75) is 0 Å². The van der Waals surface area contributed by atoms with E-state index in [1.807, 2.05) is 0 Å². The van der Waals surface area contributed by atoms with Crippen LogP contribution in [0.3, 0.4) is 0 Å². The van der Waals surface area contributed by atoms with Crippen LogP contribution in [0.15, 0.2) is 0 Å². The van der Waals surface area contributed by atoms with Crippen LogP contribution in [0, 0.1) is 40.8 Å². The zero-order valence-corrected chi connectivity index (χ0v) is 6.77. The molecule has 0 aliphatic rings. The summed E-state index contributed by atoms with van der Waals surface area (Å²) in [5.41, 5.74) is 0. The summed E-state index contributed by atoms with van der Waals surface area (Å²) in [5, 5.41) is 3.88. The van der Waals surface area contributed by atoms with Crippen LogP contribution in [0.1, 0.15) is 0 Å². The summed E-state index contributed by atoms with van der Waals surface area (Å²) >= 11 is 0. The van der Waals surface area contributed by atoms with Gasteiger partial charge in [0.05, 0.1) is 0 Å². The minimum atomic E-state index is -4.17. The Bertz CT molecular complexity index is 94.0. The molecule has 0 aliphatic carbocycles. The molecule has 6 heteroatoms. The Balaban J connectivity index is 0. The van der Waals surface area contributed by atoms with Gasteiger partial charge in [-0.15, -0.1) is 0 Å². The fourth-order valence-electron chi connectivity index (χ4n) is 0. The predicted octanol–water partition coefficient (Wildman–Crippen LogP) is -1.25. The second kappa shape index (κ2) is 3.25. The van der Waals surface area contributed by atoms with Crippen LogP contribution >= 0.6 is 0 Å². The van der Waals surface area contributed by atoms with Crippen molar-refractivity contribution in [3.63, 3.8) is 0 Å². The maximum Gasteiger partial charge on any atom is 0.330 e. The Morgan fingerprint density at radius 2 is 1.50 bits per heavy atom.